The third-order valence-corrected chi connectivity index (χ3v) is 3.10. The molecule has 0 fully saturated rings. The monoisotopic (exact) mass is 260 g/mol. The summed E-state index contributed by atoms with van der Waals surface area (Å²) in [7, 11) is 1.98. The quantitative estimate of drug-likeness (QED) is 0.866. The molecule has 0 amide bonds. The van der Waals surface area contributed by atoms with E-state index in [2.05, 4.69) is 29.5 Å². The van der Waals surface area contributed by atoms with E-state index in [0.29, 0.717) is 12.6 Å². The first-order valence-electron chi connectivity index (χ1n) is 6.55. The molecular weight excluding hydrogens is 240 g/mol. The van der Waals surface area contributed by atoms with Crippen LogP contribution in [0.4, 0.5) is 0 Å². The van der Waals surface area contributed by atoms with Crippen molar-refractivity contribution >= 4 is 0 Å². The molecule has 0 aliphatic rings. The van der Waals surface area contributed by atoms with Crippen molar-refractivity contribution in [2.45, 2.75) is 32.9 Å². The number of aryl methyl sites for hydroxylation is 1. The Bertz CT molecular complexity index is 501. The van der Waals surface area contributed by atoms with Crippen LogP contribution >= 0.6 is 0 Å². The zero-order valence-corrected chi connectivity index (χ0v) is 11.6. The Balaban J connectivity index is 1.95. The maximum absolute atomic E-state index is 5.66. The Morgan fingerprint density at radius 3 is 2.58 bits per heavy atom. The molecule has 0 spiro atoms. The van der Waals surface area contributed by atoms with E-state index in [1.54, 1.807) is 0 Å². The molecule has 0 saturated heterocycles. The number of rotatable bonds is 6. The lowest BCUT2D eigenvalue weighted by atomic mass is 10.1. The maximum Gasteiger partial charge on any atom is 0.134 e. The number of nitrogens with one attached hydrogen (secondary N) is 1. The van der Waals surface area contributed by atoms with Crippen LogP contribution in [0.2, 0.25) is 0 Å². The van der Waals surface area contributed by atoms with Gasteiger partial charge < -0.3 is 14.6 Å². The Morgan fingerprint density at radius 1 is 1.32 bits per heavy atom. The van der Waals surface area contributed by atoms with E-state index in [1.165, 1.54) is 5.56 Å². The number of aromatic nitrogens is 1. The van der Waals surface area contributed by atoms with Crippen molar-refractivity contribution in [1.29, 1.82) is 0 Å². The maximum atomic E-state index is 5.66. The second kappa shape index (κ2) is 6.38. The standard InChI is InChI=1S/C15H20N2O2/c1-4-15(16-3)12-5-7-14(8-6-12)18-10-13-9-11(2)19-17-13/h5-9,15-16H,4,10H2,1-3H3. The number of ether oxygens (including phenoxy) is 1. The topological polar surface area (TPSA) is 47.3 Å². The lowest BCUT2D eigenvalue weighted by Crippen LogP contribution is -2.14. The molecule has 0 aliphatic carbocycles. The summed E-state index contributed by atoms with van der Waals surface area (Å²) < 4.78 is 10.7. The van der Waals surface area contributed by atoms with Crippen LogP contribution in [-0.4, -0.2) is 12.2 Å². The van der Waals surface area contributed by atoms with Crippen LogP contribution in [0.25, 0.3) is 0 Å². The van der Waals surface area contributed by atoms with E-state index in [0.717, 1.165) is 23.6 Å². The van der Waals surface area contributed by atoms with Crippen molar-refractivity contribution < 1.29 is 9.26 Å². The molecule has 1 aromatic heterocycles. The molecule has 1 unspecified atom stereocenters. The summed E-state index contributed by atoms with van der Waals surface area (Å²) in [4.78, 5) is 0. The molecule has 0 saturated carbocycles. The van der Waals surface area contributed by atoms with Crippen LogP contribution in [0.1, 0.15) is 36.4 Å². The summed E-state index contributed by atoms with van der Waals surface area (Å²) in [5, 5.41) is 7.18. The van der Waals surface area contributed by atoms with E-state index >= 15 is 0 Å². The fourth-order valence-corrected chi connectivity index (χ4v) is 2.05. The Labute approximate surface area is 113 Å². The highest BCUT2D eigenvalue weighted by Crippen LogP contribution is 2.20. The third-order valence-electron chi connectivity index (χ3n) is 3.10. The predicted octanol–water partition coefficient (Wildman–Crippen LogP) is 3.23. The first-order valence-corrected chi connectivity index (χ1v) is 6.55. The van der Waals surface area contributed by atoms with Crippen LogP contribution in [0.15, 0.2) is 34.9 Å². The van der Waals surface area contributed by atoms with Crippen LogP contribution in [-0.2, 0) is 6.61 Å². The van der Waals surface area contributed by atoms with Crippen LogP contribution in [0, 0.1) is 6.92 Å². The van der Waals surface area contributed by atoms with Crippen molar-refractivity contribution in [3.8, 4) is 5.75 Å². The Morgan fingerprint density at radius 2 is 2.05 bits per heavy atom. The summed E-state index contributed by atoms with van der Waals surface area (Å²) >= 11 is 0. The molecule has 0 radical (unpaired) electrons. The van der Waals surface area contributed by atoms with E-state index in [1.807, 2.05) is 32.2 Å². The van der Waals surface area contributed by atoms with Gasteiger partial charge in [-0.1, -0.05) is 24.2 Å². The lowest BCUT2D eigenvalue weighted by Gasteiger charge is -2.14. The Hall–Kier alpha value is -1.81. The highest BCUT2D eigenvalue weighted by molar-refractivity contribution is 5.29. The SMILES string of the molecule is CCC(NC)c1ccc(OCc2cc(C)on2)cc1. The van der Waals surface area contributed by atoms with Gasteiger partial charge in [-0.3, -0.25) is 0 Å². The highest BCUT2D eigenvalue weighted by Gasteiger charge is 2.06. The van der Waals surface area contributed by atoms with Crippen LogP contribution in [0.5, 0.6) is 5.75 Å². The Kier molecular flexibility index (Phi) is 4.58. The largest absolute Gasteiger partial charge is 0.487 e. The average Bonchev–Trinajstić information content (AvgIpc) is 2.85. The molecule has 0 aliphatic heterocycles. The van der Waals surface area contributed by atoms with Crippen molar-refractivity contribution in [1.82, 2.24) is 10.5 Å². The molecule has 1 atom stereocenters. The fraction of sp³-hybridized carbons (Fsp3) is 0.400. The zero-order valence-electron chi connectivity index (χ0n) is 11.6. The van der Waals surface area contributed by atoms with Gasteiger partial charge in [0.05, 0.1) is 0 Å². The third kappa shape index (κ3) is 3.58. The molecule has 102 valence electrons. The van der Waals surface area contributed by atoms with Gasteiger partial charge >= 0.3 is 0 Å². The summed E-state index contributed by atoms with van der Waals surface area (Å²) in [6.45, 7) is 4.46. The summed E-state index contributed by atoms with van der Waals surface area (Å²) in [6.07, 6.45) is 1.06. The number of hydrogen-bond donors (Lipinski definition) is 1. The minimum absolute atomic E-state index is 0.396. The van der Waals surface area contributed by atoms with Gasteiger partial charge in [-0.15, -0.1) is 0 Å². The van der Waals surface area contributed by atoms with Crippen molar-refractivity contribution in [3.63, 3.8) is 0 Å². The van der Waals surface area contributed by atoms with Crippen LogP contribution < -0.4 is 10.1 Å². The van der Waals surface area contributed by atoms with Crippen molar-refractivity contribution in [3.05, 3.63) is 47.3 Å². The first-order chi connectivity index (χ1) is 9.22. The molecule has 1 aromatic carbocycles. The molecule has 2 aromatic rings. The van der Waals surface area contributed by atoms with Gasteiger partial charge in [0.15, 0.2) is 0 Å². The fourth-order valence-electron chi connectivity index (χ4n) is 2.05. The number of nitrogens with zero attached hydrogens (tertiary/aromatic N) is 1. The van der Waals surface area contributed by atoms with E-state index in [4.69, 9.17) is 9.26 Å². The minimum Gasteiger partial charge on any atom is -0.487 e. The molecule has 1 heterocycles. The molecule has 0 bridgehead atoms. The molecule has 4 nitrogen and oxygen atoms in total. The predicted molar refractivity (Wildman–Crippen MR) is 74.1 cm³/mol. The number of benzene rings is 1. The van der Waals surface area contributed by atoms with E-state index < -0.39 is 0 Å². The summed E-state index contributed by atoms with van der Waals surface area (Å²) in [6, 6.07) is 10.4. The molecule has 19 heavy (non-hydrogen) atoms. The van der Waals surface area contributed by atoms with Gasteiger partial charge in [-0.25, -0.2) is 0 Å². The lowest BCUT2D eigenvalue weighted by molar-refractivity contribution is 0.287. The van der Waals surface area contributed by atoms with Gasteiger partial charge in [0.25, 0.3) is 0 Å². The smallest absolute Gasteiger partial charge is 0.134 e. The van der Waals surface area contributed by atoms with Gasteiger partial charge in [0.1, 0.15) is 23.8 Å². The zero-order chi connectivity index (χ0) is 13.7. The average molecular weight is 260 g/mol. The van der Waals surface area contributed by atoms with E-state index in [9.17, 15) is 0 Å². The molecule has 4 heteroatoms. The molecule has 1 N–H and O–H groups in total. The highest BCUT2D eigenvalue weighted by atomic mass is 16.5. The van der Waals surface area contributed by atoms with Crippen molar-refractivity contribution in [2.75, 3.05) is 7.05 Å². The van der Waals surface area contributed by atoms with Crippen molar-refractivity contribution in [2.24, 2.45) is 0 Å². The second-order valence-corrected chi connectivity index (χ2v) is 4.54. The van der Waals surface area contributed by atoms with E-state index in [-0.39, 0.29) is 0 Å². The minimum atomic E-state index is 0.396. The van der Waals surface area contributed by atoms with Gasteiger partial charge in [0, 0.05) is 12.1 Å². The molecular formula is C15H20N2O2. The molecule has 2 rings (SSSR count). The normalized spacial score (nSPS) is 12.4. The second-order valence-electron chi connectivity index (χ2n) is 4.54. The van der Waals surface area contributed by atoms with Gasteiger partial charge in [-0.05, 0) is 38.1 Å². The van der Waals surface area contributed by atoms with Crippen LogP contribution in [0.3, 0.4) is 0 Å². The first kappa shape index (κ1) is 13.6. The summed E-state index contributed by atoms with van der Waals surface area (Å²) in [5.41, 5.74) is 2.08. The number of hydrogen-bond acceptors (Lipinski definition) is 4. The van der Waals surface area contributed by atoms with Gasteiger partial charge in [-0.2, -0.15) is 0 Å². The van der Waals surface area contributed by atoms with Gasteiger partial charge in [0.2, 0.25) is 0 Å². The summed E-state index contributed by atoms with van der Waals surface area (Å²) in [5.74, 6) is 1.64.